The van der Waals surface area contributed by atoms with E-state index in [0.717, 1.165) is 5.69 Å². The van der Waals surface area contributed by atoms with Gasteiger partial charge in [0.1, 0.15) is 0 Å². The lowest BCUT2D eigenvalue weighted by atomic mass is 10.3. The van der Waals surface area contributed by atoms with Crippen molar-refractivity contribution in [2.75, 3.05) is 10.8 Å². The average molecular weight is 192 g/mol. The second-order valence-electron chi connectivity index (χ2n) is 2.57. The van der Waals surface area contributed by atoms with Gasteiger partial charge in [-0.15, -0.1) is 11.8 Å². The van der Waals surface area contributed by atoms with Crippen LogP contribution in [0.2, 0.25) is 0 Å². The van der Waals surface area contributed by atoms with Crippen molar-refractivity contribution in [3.05, 3.63) is 30.3 Å². The van der Waals surface area contributed by atoms with Gasteiger partial charge >= 0.3 is 0 Å². The molecule has 0 N–H and O–H groups in total. The summed E-state index contributed by atoms with van der Waals surface area (Å²) in [5.41, 5.74) is 2.51. The molecule has 0 unspecified atom stereocenters. The monoisotopic (exact) mass is 192 g/mol. The van der Waals surface area contributed by atoms with Crippen LogP contribution < -0.4 is 5.01 Å². The molecule has 0 aromatic heterocycles. The lowest BCUT2D eigenvalue weighted by Crippen LogP contribution is -2.29. The fraction of sp³-hybridized carbons (Fsp3) is 0.111. The van der Waals surface area contributed by atoms with E-state index in [1.54, 1.807) is 5.55 Å². The number of hydrogen-bond donors (Lipinski definition) is 0. The topological polar surface area (TPSA) is 32.7 Å². The van der Waals surface area contributed by atoms with Gasteiger partial charge in [-0.25, -0.2) is 0 Å². The number of hydrazone groups is 1. The third kappa shape index (κ3) is 1.72. The number of hydrogen-bond acceptors (Lipinski definition) is 3. The highest BCUT2D eigenvalue weighted by atomic mass is 32.2. The van der Waals surface area contributed by atoms with Crippen LogP contribution in [0.3, 0.4) is 0 Å². The van der Waals surface area contributed by atoms with Gasteiger partial charge in [-0.05, 0) is 12.1 Å². The van der Waals surface area contributed by atoms with Gasteiger partial charge in [-0.2, -0.15) is 10.1 Å². The molecule has 66 valence electrons. The highest BCUT2D eigenvalue weighted by Crippen LogP contribution is 2.18. The number of thioether (sulfide) groups is 1. The summed E-state index contributed by atoms with van der Waals surface area (Å²) in [6.45, 7) is 0. The van der Waals surface area contributed by atoms with Crippen LogP contribution in [-0.4, -0.2) is 17.2 Å². The summed E-state index contributed by atoms with van der Waals surface area (Å²) >= 11 is 1.42. The Hall–Kier alpha value is -1.29. The third-order valence-corrected chi connectivity index (χ3v) is 2.34. The van der Waals surface area contributed by atoms with Crippen LogP contribution in [-0.2, 0) is 4.79 Å². The number of carbonyl (C=O) groups is 1. The van der Waals surface area contributed by atoms with Gasteiger partial charge in [0.15, 0.2) is 0 Å². The fourth-order valence-corrected chi connectivity index (χ4v) is 1.59. The summed E-state index contributed by atoms with van der Waals surface area (Å²) in [4.78, 5) is 11.4. The lowest BCUT2D eigenvalue weighted by Gasteiger charge is -2.18. The number of carbonyl (C=O) groups excluding carboxylic acids is 1. The highest BCUT2D eigenvalue weighted by Gasteiger charge is 2.16. The molecule has 0 fully saturated rings. The number of amides is 1. The minimum Gasteiger partial charge on any atom is -0.272 e. The summed E-state index contributed by atoms with van der Waals surface area (Å²) in [5, 5.41) is 5.43. The molecule has 2 rings (SSSR count). The number of para-hydroxylation sites is 1. The Balaban J connectivity index is 2.30. The Morgan fingerprint density at radius 3 is 2.77 bits per heavy atom. The Bertz CT molecular complexity index is 337. The summed E-state index contributed by atoms with van der Waals surface area (Å²) in [6.07, 6.45) is 0. The molecule has 0 saturated carbocycles. The van der Waals surface area contributed by atoms with Gasteiger partial charge in [0.25, 0.3) is 5.91 Å². The zero-order valence-corrected chi connectivity index (χ0v) is 7.70. The normalized spacial score (nSPS) is 16.3. The minimum absolute atomic E-state index is 0.0266. The smallest absolute Gasteiger partial charge is 0.257 e. The molecule has 1 heterocycles. The van der Waals surface area contributed by atoms with Gasteiger partial charge in [0, 0.05) is 0 Å². The van der Waals surface area contributed by atoms with Crippen molar-refractivity contribution in [2.45, 2.75) is 0 Å². The molecule has 4 heteroatoms. The van der Waals surface area contributed by atoms with E-state index in [0.29, 0.717) is 5.75 Å². The maximum Gasteiger partial charge on any atom is 0.257 e. The van der Waals surface area contributed by atoms with E-state index in [1.807, 2.05) is 30.3 Å². The van der Waals surface area contributed by atoms with E-state index in [4.69, 9.17) is 0 Å². The number of nitrogens with zero attached hydrogens (tertiary/aromatic N) is 2. The lowest BCUT2D eigenvalue weighted by molar-refractivity contribution is -0.116. The van der Waals surface area contributed by atoms with E-state index in [-0.39, 0.29) is 5.91 Å². The number of anilines is 1. The summed E-state index contributed by atoms with van der Waals surface area (Å²) < 4.78 is 0. The fourth-order valence-electron chi connectivity index (χ4n) is 1.09. The molecular formula is C9H8N2OS. The molecule has 0 radical (unpaired) electrons. The highest BCUT2D eigenvalue weighted by molar-refractivity contribution is 8.12. The van der Waals surface area contributed by atoms with Crippen molar-refractivity contribution in [3.63, 3.8) is 0 Å². The minimum atomic E-state index is 0.0266. The van der Waals surface area contributed by atoms with E-state index in [2.05, 4.69) is 5.10 Å². The predicted molar refractivity (Wildman–Crippen MR) is 54.9 cm³/mol. The first-order valence-electron chi connectivity index (χ1n) is 3.90. The molecule has 1 aromatic rings. The zero-order chi connectivity index (χ0) is 9.10. The largest absolute Gasteiger partial charge is 0.272 e. The van der Waals surface area contributed by atoms with Gasteiger partial charge in [0.05, 0.1) is 17.0 Å². The maximum absolute atomic E-state index is 11.4. The van der Waals surface area contributed by atoms with Crippen LogP contribution in [0.15, 0.2) is 35.4 Å². The Morgan fingerprint density at radius 1 is 1.31 bits per heavy atom. The molecule has 0 saturated heterocycles. The predicted octanol–water partition coefficient (Wildman–Crippen LogP) is 1.71. The van der Waals surface area contributed by atoms with Crippen molar-refractivity contribution < 1.29 is 4.79 Å². The first kappa shape index (κ1) is 8.31. The average Bonchev–Trinajstić information content (AvgIpc) is 2.20. The molecule has 1 aromatic carbocycles. The third-order valence-electron chi connectivity index (χ3n) is 1.68. The van der Waals surface area contributed by atoms with Crippen LogP contribution in [0, 0.1) is 0 Å². The second kappa shape index (κ2) is 3.62. The molecule has 0 atom stereocenters. The Kier molecular flexibility index (Phi) is 2.31. The molecule has 1 aliphatic heterocycles. The van der Waals surface area contributed by atoms with Crippen molar-refractivity contribution in [1.82, 2.24) is 0 Å². The van der Waals surface area contributed by atoms with Crippen molar-refractivity contribution in [3.8, 4) is 0 Å². The van der Waals surface area contributed by atoms with E-state index < -0.39 is 0 Å². The molecule has 13 heavy (non-hydrogen) atoms. The Morgan fingerprint density at radius 2 is 2.08 bits per heavy atom. The summed E-state index contributed by atoms with van der Waals surface area (Å²) in [5.74, 6) is 0.497. The van der Waals surface area contributed by atoms with Crippen LogP contribution >= 0.6 is 11.8 Å². The SMILES string of the molecule is O=C1CSC=NN1c1ccccc1. The molecule has 0 aliphatic carbocycles. The maximum atomic E-state index is 11.4. The molecular weight excluding hydrogens is 184 g/mol. The summed E-state index contributed by atoms with van der Waals surface area (Å²) in [7, 11) is 0. The second-order valence-corrected chi connectivity index (χ2v) is 3.41. The van der Waals surface area contributed by atoms with E-state index >= 15 is 0 Å². The first-order chi connectivity index (χ1) is 6.38. The first-order valence-corrected chi connectivity index (χ1v) is 4.95. The zero-order valence-electron chi connectivity index (χ0n) is 6.88. The molecule has 1 aliphatic rings. The van der Waals surface area contributed by atoms with Crippen LogP contribution in [0.25, 0.3) is 0 Å². The summed E-state index contributed by atoms with van der Waals surface area (Å²) in [6, 6.07) is 9.42. The standard InChI is InChI=1S/C9H8N2OS/c12-9-6-13-7-10-11(9)8-4-2-1-3-5-8/h1-5,7H,6H2. The van der Waals surface area contributed by atoms with Crippen molar-refractivity contribution in [1.29, 1.82) is 0 Å². The van der Waals surface area contributed by atoms with Crippen LogP contribution in [0.1, 0.15) is 0 Å². The van der Waals surface area contributed by atoms with Gasteiger partial charge in [-0.1, -0.05) is 18.2 Å². The molecule has 3 nitrogen and oxygen atoms in total. The molecule has 1 amide bonds. The van der Waals surface area contributed by atoms with Crippen molar-refractivity contribution >= 4 is 28.9 Å². The van der Waals surface area contributed by atoms with Gasteiger partial charge in [0.2, 0.25) is 0 Å². The van der Waals surface area contributed by atoms with Crippen LogP contribution in [0.5, 0.6) is 0 Å². The quantitative estimate of drug-likeness (QED) is 0.678. The van der Waals surface area contributed by atoms with Crippen LogP contribution in [0.4, 0.5) is 5.69 Å². The number of rotatable bonds is 1. The van der Waals surface area contributed by atoms with Gasteiger partial charge in [-0.3, -0.25) is 4.79 Å². The van der Waals surface area contributed by atoms with E-state index in [1.165, 1.54) is 16.8 Å². The van der Waals surface area contributed by atoms with Gasteiger partial charge < -0.3 is 0 Å². The molecule has 0 bridgehead atoms. The van der Waals surface area contributed by atoms with E-state index in [9.17, 15) is 4.79 Å². The number of benzene rings is 1. The van der Waals surface area contributed by atoms with Crippen molar-refractivity contribution in [2.24, 2.45) is 5.10 Å². The molecule has 0 spiro atoms. The Labute approximate surface area is 80.4 Å².